The number of hydrogen-bond acceptors (Lipinski definition) is 9. The average Bonchev–Trinajstić information content (AvgIpc) is 2.64. The predicted molar refractivity (Wildman–Crippen MR) is 111 cm³/mol. The SMILES string of the molecule is Nc1cc(S(=O)(=O)O)cc2cc(S(=O)(=O)O)c(N=Nc3ccccc3[As](=O)(O)O)c(O)c12. The molecule has 0 aliphatic rings. The van der Waals surface area contributed by atoms with E-state index in [1.165, 1.54) is 18.2 Å². The number of azo groups is 1. The third kappa shape index (κ3) is 4.68. The molecule has 16 heteroatoms. The molecule has 0 fully saturated rings. The monoisotopic (exact) mass is 547 g/mol. The van der Waals surface area contributed by atoms with Crippen molar-refractivity contribution in [1.82, 2.24) is 0 Å². The maximum absolute atomic E-state index is 11.9. The van der Waals surface area contributed by atoms with Gasteiger partial charge in [0.05, 0.1) is 0 Å². The van der Waals surface area contributed by atoms with E-state index < -0.39 is 60.0 Å². The molecule has 0 spiro atoms. The van der Waals surface area contributed by atoms with E-state index in [1.54, 1.807) is 0 Å². The Morgan fingerprint density at radius 1 is 0.906 bits per heavy atom. The zero-order valence-electron chi connectivity index (χ0n) is 15.6. The summed E-state index contributed by atoms with van der Waals surface area (Å²) in [5.74, 6) is -0.919. The van der Waals surface area contributed by atoms with Gasteiger partial charge in [-0.15, -0.1) is 0 Å². The molecule has 7 N–H and O–H groups in total. The zero-order valence-corrected chi connectivity index (χ0v) is 19.1. The van der Waals surface area contributed by atoms with E-state index in [9.17, 15) is 43.0 Å². The normalized spacial score (nSPS) is 13.1. The van der Waals surface area contributed by atoms with Crippen LogP contribution in [0.3, 0.4) is 0 Å². The third-order valence-corrected chi connectivity index (χ3v) is 7.99. The molecule has 0 atom stereocenters. The van der Waals surface area contributed by atoms with Crippen LogP contribution in [0.15, 0.2) is 62.5 Å². The second-order valence-electron chi connectivity index (χ2n) is 6.37. The Morgan fingerprint density at radius 2 is 1.53 bits per heavy atom. The zero-order chi connectivity index (χ0) is 24.1. The number of hydrogen-bond donors (Lipinski definition) is 6. The Balaban J connectivity index is 2.35. The Hall–Kier alpha value is -2.78. The standard InChI is InChI=1S/C16H14AsN3O10S2/c18-11-7-9(31(25,26)27)5-8-6-13(32(28,29)30)15(16(21)14(8)11)20-19-12-4-2-1-3-10(12)17(22,23)24/h1-7,21H,18H2,(H2,22,23,24)(H,25,26,27)(H,28,29,30). The molecular weight excluding hydrogens is 533 g/mol. The van der Waals surface area contributed by atoms with Gasteiger partial charge in [-0.2, -0.15) is 0 Å². The maximum atomic E-state index is 11.9. The van der Waals surface area contributed by atoms with Crippen LogP contribution in [0.4, 0.5) is 17.1 Å². The Morgan fingerprint density at radius 3 is 2.09 bits per heavy atom. The summed E-state index contributed by atoms with van der Waals surface area (Å²) < 4.78 is 95.5. The molecule has 0 amide bonds. The Kier molecular flexibility index (Phi) is 5.95. The van der Waals surface area contributed by atoms with Gasteiger partial charge in [-0.1, -0.05) is 0 Å². The number of phenolic OH excluding ortho intramolecular Hbond substituents is 1. The Labute approximate surface area is 183 Å². The fraction of sp³-hybridized carbons (Fsp3) is 0. The van der Waals surface area contributed by atoms with E-state index in [4.69, 9.17) is 5.73 Å². The van der Waals surface area contributed by atoms with Crippen molar-refractivity contribution in [3.05, 3.63) is 42.5 Å². The number of phenols is 1. The van der Waals surface area contributed by atoms with Gasteiger partial charge in [0.2, 0.25) is 0 Å². The van der Waals surface area contributed by atoms with Gasteiger partial charge in [0.1, 0.15) is 0 Å². The van der Waals surface area contributed by atoms with Crippen molar-refractivity contribution in [2.75, 3.05) is 5.73 Å². The van der Waals surface area contributed by atoms with Crippen molar-refractivity contribution in [3.8, 4) is 5.75 Å². The molecule has 0 saturated heterocycles. The number of aromatic hydroxyl groups is 1. The number of benzene rings is 3. The number of nitrogens with two attached hydrogens (primary N) is 1. The van der Waals surface area contributed by atoms with Crippen LogP contribution < -0.4 is 10.1 Å². The first-order valence-electron chi connectivity index (χ1n) is 8.22. The van der Waals surface area contributed by atoms with Crippen LogP contribution in [0, 0.1) is 0 Å². The number of nitrogen functional groups attached to an aromatic ring is 1. The summed E-state index contributed by atoms with van der Waals surface area (Å²) in [6, 6.07) is 7.33. The van der Waals surface area contributed by atoms with Gasteiger partial charge in [-0.25, -0.2) is 0 Å². The molecule has 0 radical (unpaired) electrons. The van der Waals surface area contributed by atoms with Crippen molar-refractivity contribution in [2.24, 2.45) is 10.2 Å². The van der Waals surface area contributed by atoms with E-state index >= 15 is 0 Å². The van der Waals surface area contributed by atoms with Gasteiger partial charge in [0.15, 0.2) is 0 Å². The molecule has 3 aromatic carbocycles. The molecule has 0 aliphatic carbocycles. The van der Waals surface area contributed by atoms with E-state index in [0.717, 1.165) is 24.3 Å². The topological polar surface area (TPSA) is 237 Å². The van der Waals surface area contributed by atoms with Crippen molar-refractivity contribution in [2.45, 2.75) is 9.79 Å². The Bertz CT molecular complexity index is 1550. The molecular formula is C16H14AsN3O10S2. The number of fused-ring (bicyclic) bond motifs is 1. The van der Waals surface area contributed by atoms with Crippen LogP contribution in [0.1, 0.15) is 0 Å². The summed E-state index contributed by atoms with van der Waals surface area (Å²) >= 11 is -5.45. The number of anilines is 1. The van der Waals surface area contributed by atoms with Gasteiger partial charge < -0.3 is 0 Å². The molecule has 170 valence electrons. The molecule has 3 aromatic rings. The van der Waals surface area contributed by atoms with Gasteiger partial charge in [-0.3, -0.25) is 0 Å². The van der Waals surface area contributed by atoms with Gasteiger partial charge in [0, 0.05) is 0 Å². The third-order valence-electron chi connectivity index (χ3n) is 4.18. The predicted octanol–water partition coefficient (Wildman–Crippen LogP) is 0.597. The summed E-state index contributed by atoms with van der Waals surface area (Å²) in [6.45, 7) is 0. The molecule has 0 heterocycles. The second kappa shape index (κ2) is 7.97. The number of rotatable bonds is 5. The summed E-state index contributed by atoms with van der Waals surface area (Å²) in [5.41, 5.74) is 4.22. The van der Waals surface area contributed by atoms with Crippen LogP contribution in [0.5, 0.6) is 5.75 Å². The molecule has 0 saturated carbocycles. The van der Waals surface area contributed by atoms with Crippen LogP contribution >= 0.6 is 0 Å². The minimum atomic E-state index is -5.45. The summed E-state index contributed by atoms with van der Waals surface area (Å²) in [6.07, 6.45) is 0. The summed E-state index contributed by atoms with van der Waals surface area (Å²) in [7, 11) is -9.81. The quantitative estimate of drug-likeness (QED) is 0.112. The summed E-state index contributed by atoms with van der Waals surface area (Å²) in [5, 5.41) is 17.2. The van der Waals surface area contributed by atoms with Gasteiger partial charge in [-0.05, 0) is 0 Å². The molecule has 13 nitrogen and oxygen atoms in total. The molecule has 0 aromatic heterocycles. The van der Waals surface area contributed by atoms with Crippen molar-refractivity contribution < 1.29 is 43.0 Å². The van der Waals surface area contributed by atoms with E-state index in [2.05, 4.69) is 10.2 Å². The molecule has 0 aliphatic heterocycles. The van der Waals surface area contributed by atoms with E-state index in [1.807, 2.05) is 0 Å². The van der Waals surface area contributed by atoms with E-state index in [0.29, 0.717) is 0 Å². The molecule has 32 heavy (non-hydrogen) atoms. The van der Waals surface area contributed by atoms with E-state index in [-0.39, 0.29) is 22.1 Å². The fourth-order valence-electron chi connectivity index (χ4n) is 2.83. The van der Waals surface area contributed by atoms with Crippen molar-refractivity contribution in [1.29, 1.82) is 0 Å². The van der Waals surface area contributed by atoms with Crippen molar-refractivity contribution >= 4 is 66.6 Å². The van der Waals surface area contributed by atoms with Crippen LogP contribution in [0.2, 0.25) is 0 Å². The molecule has 0 bridgehead atoms. The van der Waals surface area contributed by atoms with Crippen LogP contribution in [-0.4, -0.2) is 53.4 Å². The molecule has 0 unspecified atom stereocenters. The summed E-state index contributed by atoms with van der Waals surface area (Å²) in [4.78, 5) is -1.70. The first kappa shape index (κ1) is 23.9. The first-order chi connectivity index (χ1) is 14.6. The first-order valence-corrected chi connectivity index (χ1v) is 14.5. The average molecular weight is 547 g/mol. The fourth-order valence-corrected chi connectivity index (χ4v) is 5.51. The van der Waals surface area contributed by atoms with Crippen molar-refractivity contribution in [3.63, 3.8) is 0 Å². The van der Waals surface area contributed by atoms with Gasteiger partial charge in [0.25, 0.3) is 0 Å². The van der Waals surface area contributed by atoms with Crippen LogP contribution in [-0.2, 0) is 24.0 Å². The number of nitrogens with zero attached hydrogens (tertiary/aromatic N) is 2. The minimum absolute atomic E-state index is 0.272. The second-order valence-corrected chi connectivity index (χ2v) is 12.5. The van der Waals surface area contributed by atoms with Gasteiger partial charge >= 0.3 is 184 Å². The van der Waals surface area contributed by atoms with Crippen LogP contribution in [0.25, 0.3) is 10.8 Å². The molecule has 3 rings (SSSR count).